The second-order valence-corrected chi connectivity index (χ2v) is 5.40. The summed E-state index contributed by atoms with van der Waals surface area (Å²) in [6, 6.07) is 10.4. The summed E-state index contributed by atoms with van der Waals surface area (Å²) < 4.78 is 16.2. The first-order valence-electron chi connectivity index (χ1n) is 6.31. The predicted octanol–water partition coefficient (Wildman–Crippen LogP) is 4.21. The van der Waals surface area contributed by atoms with E-state index in [0.717, 1.165) is 27.9 Å². The topological polar surface area (TPSA) is 43.8 Å². The molecule has 2 N–H and O–H groups in total. The van der Waals surface area contributed by atoms with Crippen LogP contribution in [0, 0.1) is 5.82 Å². The first-order valence-corrected chi connectivity index (χ1v) is 7.10. The largest absolute Gasteiger partial charge is 0.398 e. The Bertz CT molecular complexity index is 795. The summed E-state index contributed by atoms with van der Waals surface area (Å²) >= 11 is 3.38. The number of fused-ring (bicyclic) bond motifs is 1. The highest BCUT2D eigenvalue weighted by Crippen LogP contribution is 2.29. The number of imidazole rings is 1. The second-order valence-electron chi connectivity index (χ2n) is 4.55. The van der Waals surface area contributed by atoms with Crippen LogP contribution in [0.15, 0.2) is 40.9 Å². The minimum atomic E-state index is -0.278. The van der Waals surface area contributed by atoms with Crippen molar-refractivity contribution < 1.29 is 4.39 Å². The second kappa shape index (κ2) is 4.90. The molecule has 0 saturated carbocycles. The first-order chi connectivity index (χ1) is 9.60. The minimum Gasteiger partial charge on any atom is -0.398 e. The summed E-state index contributed by atoms with van der Waals surface area (Å²) in [6.07, 6.45) is 0. The van der Waals surface area contributed by atoms with Gasteiger partial charge in [0.25, 0.3) is 0 Å². The minimum absolute atomic E-state index is 0.278. The van der Waals surface area contributed by atoms with Gasteiger partial charge in [0.05, 0.1) is 11.0 Å². The maximum absolute atomic E-state index is 13.3. The predicted molar refractivity (Wildman–Crippen MR) is 82.9 cm³/mol. The third-order valence-corrected chi connectivity index (χ3v) is 4.00. The number of nitrogens with two attached hydrogens (primary N) is 1. The van der Waals surface area contributed by atoms with Gasteiger partial charge in [0, 0.05) is 28.3 Å². The van der Waals surface area contributed by atoms with Crippen molar-refractivity contribution in [3.8, 4) is 11.4 Å². The maximum atomic E-state index is 13.3. The molecule has 20 heavy (non-hydrogen) atoms. The molecule has 0 radical (unpaired) electrons. The van der Waals surface area contributed by atoms with Gasteiger partial charge in [-0.1, -0.05) is 0 Å². The number of hydrogen-bond donors (Lipinski definition) is 1. The smallest absolute Gasteiger partial charge is 0.141 e. The van der Waals surface area contributed by atoms with E-state index in [1.54, 1.807) is 6.07 Å². The van der Waals surface area contributed by atoms with E-state index in [4.69, 9.17) is 5.73 Å². The lowest BCUT2D eigenvalue weighted by Crippen LogP contribution is -1.98. The number of nitrogens with zero attached hydrogens (tertiary/aromatic N) is 2. The Morgan fingerprint density at radius 1 is 1.25 bits per heavy atom. The van der Waals surface area contributed by atoms with Crippen LogP contribution in [0.5, 0.6) is 0 Å². The molecule has 1 aromatic heterocycles. The first kappa shape index (κ1) is 13.1. The Hall–Kier alpha value is -1.88. The highest BCUT2D eigenvalue weighted by molar-refractivity contribution is 9.10. The van der Waals surface area contributed by atoms with E-state index in [0.29, 0.717) is 11.2 Å². The van der Waals surface area contributed by atoms with Crippen molar-refractivity contribution in [3.63, 3.8) is 0 Å². The number of benzene rings is 2. The lowest BCUT2D eigenvalue weighted by atomic mass is 10.2. The molecule has 3 rings (SSSR count). The molecule has 0 aliphatic heterocycles. The number of rotatable bonds is 2. The van der Waals surface area contributed by atoms with E-state index in [1.807, 2.05) is 25.1 Å². The van der Waals surface area contributed by atoms with Gasteiger partial charge in [-0.15, -0.1) is 0 Å². The van der Waals surface area contributed by atoms with Crippen LogP contribution in [-0.2, 0) is 6.54 Å². The van der Waals surface area contributed by atoms with Gasteiger partial charge in [-0.25, -0.2) is 9.37 Å². The van der Waals surface area contributed by atoms with Crippen molar-refractivity contribution in [2.75, 3.05) is 5.73 Å². The molecule has 3 aromatic rings. The van der Waals surface area contributed by atoms with Gasteiger partial charge in [-0.3, -0.25) is 0 Å². The van der Waals surface area contributed by atoms with E-state index in [1.165, 1.54) is 12.1 Å². The van der Waals surface area contributed by atoms with Crippen LogP contribution in [0.1, 0.15) is 6.92 Å². The van der Waals surface area contributed by atoms with E-state index < -0.39 is 0 Å². The van der Waals surface area contributed by atoms with Crippen LogP contribution < -0.4 is 5.73 Å². The van der Waals surface area contributed by atoms with Crippen molar-refractivity contribution >= 4 is 32.7 Å². The van der Waals surface area contributed by atoms with Crippen molar-refractivity contribution in [2.24, 2.45) is 0 Å². The van der Waals surface area contributed by atoms with Crippen LogP contribution in [0.25, 0.3) is 22.4 Å². The molecular weight excluding hydrogens is 321 g/mol. The van der Waals surface area contributed by atoms with Gasteiger partial charge >= 0.3 is 0 Å². The van der Waals surface area contributed by atoms with Gasteiger partial charge in [-0.05, 0) is 53.2 Å². The number of halogens is 2. The zero-order valence-corrected chi connectivity index (χ0v) is 12.5. The zero-order valence-electron chi connectivity index (χ0n) is 10.9. The van der Waals surface area contributed by atoms with E-state index >= 15 is 0 Å². The Kier molecular flexibility index (Phi) is 3.22. The number of aryl methyl sites for hydroxylation is 1. The molecule has 2 aromatic carbocycles. The Balaban J connectivity index is 2.26. The summed E-state index contributed by atoms with van der Waals surface area (Å²) in [5.41, 5.74) is 9.08. The quantitative estimate of drug-likeness (QED) is 0.714. The van der Waals surface area contributed by atoms with Gasteiger partial charge in [0.2, 0.25) is 0 Å². The summed E-state index contributed by atoms with van der Waals surface area (Å²) in [7, 11) is 0. The van der Waals surface area contributed by atoms with Gasteiger partial charge in [0.1, 0.15) is 11.6 Å². The molecule has 5 heteroatoms. The summed E-state index contributed by atoms with van der Waals surface area (Å²) in [5, 5.41) is 0. The number of hydrogen-bond acceptors (Lipinski definition) is 2. The van der Waals surface area contributed by atoms with Crippen LogP contribution in [0.4, 0.5) is 10.1 Å². The summed E-state index contributed by atoms with van der Waals surface area (Å²) in [5.74, 6) is 0.521. The monoisotopic (exact) mass is 333 g/mol. The van der Waals surface area contributed by atoms with E-state index in [9.17, 15) is 4.39 Å². The third-order valence-electron chi connectivity index (χ3n) is 3.28. The number of anilines is 1. The normalized spacial score (nSPS) is 11.2. The Morgan fingerprint density at radius 3 is 2.75 bits per heavy atom. The van der Waals surface area contributed by atoms with Crippen LogP contribution in [-0.4, -0.2) is 9.55 Å². The van der Waals surface area contributed by atoms with Crippen LogP contribution in [0.3, 0.4) is 0 Å². The molecule has 1 heterocycles. The molecule has 0 atom stereocenters. The Morgan fingerprint density at radius 2 is 2.05 bits per heavy atom. The van der Waals surface area contributed by atoms with Crippen molar-refractivity contribution in [2.45, 2.75) is 13.5 Å². The van der Waals surface area contributed by atoms with E-state index in [2.05, 4.69) is 25.5 Å². The van der Waals surface area contributed by atoms with E-state index in [-0.39, 0.29) is 5.82 Å². The summed E-state index contributed by atoms with van der Waals surface area (Å²) in [6.45, 7) is 2.80. The fourth-order valence-electron chi connectivity index (χ4n) is 2.33. The fraction of sp³-hybridized carbons (Fsp3) is 0.133. The molecular formula is C15H13BrFN3. The van der Waals surface area contributed by atoms with Crippen LogP contribution in [0.2, 0.25) is 0 Å². The molecule has 0 unspecified atom stereocenters. The van der Waals surface area contributed by atoms with Gasteiger partial charge < -0.3 is 10.3 Å². The van der Waals surface area contributed by atoms with Crippen LogP contribution >= 0.6 is 15.9 Å². The fourth-order valence-corrected chi connectivity index (χ4v) is 2.57. The van der Waals surface area contributed by atoms with Gasteiger partial charge in [0.15, 0.2) is 0 Å². The molecule has 0 amide bonds. The third kappa shape index (κ3) is 2.08. The highest BCUT2D eigenvalue weighted by atomic mass is 79.9. The standard InChI is InChI=1S/C15H13BrFN3/c1-2-20-14-6-4-10(17)8-13(14)19-15(20)9-3-5-11(16)12(18)7-9/h3-8H,2,18H2,1H3. The number of nitrogen functional groups attached to an aromatic ring is 1. The number of aromatic nitrogens is 2. The average Bonchev–Trinajstić information content (AvgIpc) is 2.79. The van der Waals surface area contributed by atoms with Crippen molar-refractivity contribution in [1.82, 2.24) is 9.55 Å². The SMILES string of the molecule is CCn1c(-c2ccc(Br)c(N)c2)nc2cc(F)ccc21. The van der Waals surface area contributed by atoms with Crippen molar-refractivity contribution in [1.29, 1.82) is 0 Å². The Labute approximate surface area is 124 Å². The molecule has 0 spiro atoms. The summed E-state index contributed by atoms with van der Waals surface area (Å²) in [4.78, 5) is 4.54. The molecule has 0 saturated heterocycles. The van der Waals surface area contributed by atoms with Crippen molar-refractivity contribution in [3.05, 3.63) is 46.7 Å². The molecule has 3 nitrogen and oxygen atoms in total. The molecule has 0 aliphatic rings. The molecule has 0 aliphatic carbocycles. The average molecular weight is 334 g/mol. The molecule has 102 valence electrons. The van der Waals surface area contributed by atoms with Gasteiger partial charge in [-0.2, -0.15) is 0 Å². The highest BCUT2D eigenvalue weighted by Gasteiger charge is 2.12. The lowest BCUT2D eigenvalue weighted by molar-refractivity contribution is 0.629. The zero-order chi connectivity index (χ0) is 14.3. The lowest BCUT2D eigenvalue weighted by Gasteiger charge is -2.07. The molecule has 0 fully saturated rings. The maximum Gasteiger partial charge on any atom is 0.141 e. The molecule has 0 bridgehead atoms.